The van der Waals surface area contributed by atoms with Gasteiger partial charge in [-0.3, -0.25) is 24.2 Å². The van der Waals surface area contributed by atoms with E-state index >= 15 is 0 Å². The van der Waals surface area contributed by atoms with Gasteiger partial charge in [0, 0.05) is 46.8 Å². The molecule has 0 aliphatic carbocycles. The summed E-state index contributed by atoms with van der Waals surface area (Å²) in [6, 6.07) is 17.3. The van der Waals surface area contributed by atoms with Crippen LogP contribution in [0.4, 0.5) is 22.9 Å². The average molecular weight is 536 g/mol. The lowest BCUT2D eigenvalue weighted by molar-refractivity contribution is -0.115. The molecule has 0 radical (unpaired) electrons. The van der Waals surface area contributed by atoms with Gasteiger partial charge in [-0.2, -0.15) is 0 Å². The summed E-state index contributed by atoms with van der Waals surface area (Å²) < 4.78 is 0. The Bertz CT molecular complexity index is 1260. The maximum Gasteiger partial charge on any atom is 0.230 e. The molecule has 8 rings (SSSR count). The second-order valence-corrected chi connectivity index (χ2v) is 9.14. The Morgan fingerprint density at radius 3 is 1.52 bits per heavy atom. The lowest BCUT2D eigenvalue weighted by atomic mass is 10.2. The lowest BCUT2D eigenvalue weighted by Gasteiger charge is -1.93. The molecule has 4 N–H and O–H groups in total. The summed E-state index contributed by atoms with van der Waals surface area (Å²) in [4.78, 5) is 54.6. The van der Waals surface area contributed by atoms with Crippen molar-refractivity contribution in [1.82, 2.24) is 15.0 Å². The Kier molecular flexibility index (Phi) is 7.82. The third kappa shape index (κ3) is 6.51. The zero-order valence-corrected chi connectivity index (χ0v) is 21.3. The van der Waals surface area contributed by atoms with E-state index < -0.39 is 0 Å². The number of para-hydroxylation sites is 2. The number of fused-ring (bicyclic) bond motifs is 4. The molecule has 2 aromatic heterocycles. The van der Waals surface area contributed by atoms with Gasteiger partial charge in [-0.05, 0) is 29.3 Å². The van der Waals surface area contributed by atoms with Crippen molar-refractivity contribution in [2.75, 3.05) is 21.3 Å². The number of rotatable bonds is 0. The Hall–Kier alpha value is -5.45. The molecule has 4 aliphatic rings. The monoisotopic (exact) mass is 535 g/mol. The van der Waals surface area contributed by atoms with Crippen molar-refractivity contribution in [1.29, 1.82) is 0 Å². The van der Waals surface area contributed by atoms with Crippen LogP contribution in [0.25, 0.3) is 0 Å². The van der Waals surface area contributed by atoms with Crippen molar-refractivity contribution in [2.24, 2.45) is 0 Å². The van der Waals surface area contributed by atoms with Crippen LogP contribution in [0.3, 0.4) is 0 Å². The van der Waals surface area contributed by atoms with Gasteiger partial charge in [0.05, 0.1) is 25.7 Å². The second-order valence-electron chi connectivity index (χ2n) is 9.14. The topological polar surface area (TPSA) is 155 Å². The highest BCUT2D eigenvalue weighted by molar-refractivity contribution is 6.00. The molecule has 4 aliphatic heterocycles. The summed E-state index contributed by atoms with van der Waals surface area (Å²) in [5.41, 5.74) is 6.92. The molecule has 6 heterocycles. The van der Waals surface area contributed by atoms with Crippen LogP contribution in [0.1, 0.15) is 22.3 Å². The number of nitrogens with one attached hydrogen (secondary N) is 4. The van der Waals surface area contributed by atoms with Crippen LogP contribution in [-0.4, -0.2) is 38.6 Å². The fraction of sp³-hybridized carbons (Fsp3) is 0.138. The molecule has 0 fully saturated rings. The van der Waals surface area contributed by atoms with E-state index in [-0.39, 0.29) is 23.6 Å². The molecular weight excluding hydrogens is 510 g/mol. The molecule has 40 heavy (non-hydrogen) atoms. The normalized spacial score (nSPS) is 14.6. The van der Waals surface area contributed by atoms with Crippen LogP contribution < -0.4 is 21.3 Å². The number of pyridine rings is 1. The van der Waals surface area contributed by atoms with E-state index in [1.54, 1.807) is 24.7 Å². The first-order valence-electron chi connectivity index (χ1n) is 12.5. The van der Waals surface area contributed by atoms with Crippen molar-refractivity contribution in [3.63, 3.8) is 0 Å². The van der Waals surface area contributed by atoms with Crippen molar-refractivity contribution >= 4 is 46.5 Å². The maximum absolute atomic E-state index is 10.8. The van der Waals surface area contributed by atoms with E-state index in [4.69, 9.17) is 0 Å². The molecule has 200 valence electrons. The fourth-order valence-electron chi connectivity index (χ4n) is 4.33. The van der Waals surface area contributed by atoms with Gasteiger partial charge in [0.1, 0.15) is 12.1 Å². The van der Waals surface area contributed by atoms with Gasteiger partial charge >= 0.3 is 0 Å². The summed E-state index contributed by atoms with van der Waals surface area (Å²) >= 11 is 0. The SMILES string of the molecule is O=C1Cc2ccccc2N1.O=C1Cc2ccccc2N1.O=C1Cc2cnccc2N1.O=C1Cc2cncnc2N1. The molecule has 0 atom stereocenters. The first-order chi connectivity index (χ1) is 19.4. The molecule has 2 aromatic carbocycles. The van der Waals surface area contributed by atoms with E-state index in [0.717, 1.165) is 39.3 Å². The quantitative estimate of drug-likeness (QED) is 0.270. The first kappa shape index (κ1) is 26.2. The standard InChI is InChI=1S/2C8H7NO.C7H6N2O.C6H5N3O/c2*10-8-5-6-3-1-2-4-7(6)9-8;10-7-3-5-4-8-2-1-6(5)9-7;10-5-1-4-2-7-3-8-6(4)9-5/h2*1-4H,5H2,(H,9,10);1-2,4H,3H2,(H,9,10);2-3H,1H2,(H,7,8,9,10). The van der Waals surface area contributed by atoms with Crippen LogP contribution in [0, 0.1) is 0 Å². The van der Waals surface area contributed by atoms with Crippen LogP contribution in [-0.2, 0) is 44.9 Å². The number of carbonyl (C=O) groups is 4. The Morgan fingerprint density at radius 1 is 0.500 bits per heavy atom. The molecule has 0 unspecified atom stereocenters. The van der Waals surface area contributed by atoms with Crippen LogP contribution in [0.2, 0.25) is 0 Å². The summed E-state index contributed by atoms with van der Waals surface area (Å²) in [6.07, 6.45) is 8.42. The van der Waals surface area contributed by atoms with Gasteiger partial charge in [0.25, 0.3) is 0 Å². The molecule has 0 saturated carbocycles. The molecule has 11 heteroatoms. The van der Waals surface area contributed by atoms with Gasteiger partial charge in [0.15, 0.2) is 0 Å². The van der Waals surface area contributed by atoms with Gasteiger partial charge < -0.3 is 21.3 Å². The van der Waals surface area contributed by atoms with Gasteiger partial charge in [0.2, 0.25) is 23.6 Å². The number of hydrogen-bond donors (Lipinski definition) is 4. The van der Waals surface area contributed by atoms with Crippen molar-refractivity contribution in [3.8, 4) is 0 Å². The lowest BCUT2D eigenvalue weighted by Crippen LogP contribution is -2.04. The zero-order chi connectivity index (χ0) is 27.9. The first-order valence-corrected chi connectivity index (χ1v) is 12.5. The highest BCUT2D eigenvalue weighted by Crippen LogP contribution is 2.22. The third-order valence-corrected chi connectivity index (χ3v) is 6.21. The molecular formula is C29H25N7O4. The van der Waals surface area contributed by atoms with Gasteiger partial charge in [-0.15, -0.1) is 0 Å². The van der Waals surface area contributed by atoms with Crippen LogP contribution in [0.5, 0.6) is 0 Å². The molecule has 0 saturated heterocycles. The molecule has 4 aromatic rings. The molecule has 0 bridgehead atoms. The number of aromatic nitrogens is 3. The van der Waals surface area contributed by atoms with Crippen molar-refractivity contribution < 1.29 is 19.2 Å². The number of amides is 4. The van der Waals surface area contributed by atoms with E-state index in [2.05, 4.69) is 36.2 Å². The number of benzene rings is 2. The van der Waals surface area contributed by atoms with Gasteiger partial charge in [-0.1, -0.05) is 36.4 Å². The second kappa shape index (κ2) is 11.9. The fourth-order valence-corrected chi connectivity index (χ4v) is 4.33. The summed E-state index contributed by atoms with van der Waals surface area (Å²) in [6.45, 7) is 0. The number of hydrogen-bond acceptors (Lipinski definition) is 7. The van der Waals surface area contributed by atoms with Crippen LogP contribution >= 0.6 is 0 Å². The zero-order valence-electron chi connectivity index (χ0n) is 21.3. The molecule has 11 nitrogen and oxygen atoms in total. The summed E-state index contributed by atoms with van der Waals surface area (Å²) in [5.74, 6) is 0.904. The van der Waals surface area contributed by atoms with E-state index in [1.165, 1.54) is 6.33 Å². The third-order valence-electron chi connectivity index (χ3n) is 6.21. The number of carbonyl (C=O) groups excluding carboxylic acids is 4. The Labute approximate surface area is 229 Å². The van der Waals surface area contributed by atoms with Crippen molar-refractivity contribution in [3.05, 3.63) is 102 Å². The maximum atomic E-state index is 10.8. The highest BCUT2D eigenvalue weighted by atomic mass is 16.2. The number of anilines is 4. The minimum Gasteiger partial charge on any atom is -0.326 e. The minimum absolute atomic E-state index is 0.00417. The Morgan fingerprint density at radius 2 is 0.975 bits per heavy atom. The van der Waals surface area contributed by atoms with Crippen molar-refractivity contribution in [2.45, 2.75) is 25.7 Å². The van der Waals surface area contributed by atoms with E-state index in [1.807, 2.05) is 48.5 Å². The van der Waals surface area contributed by atoms with Gasteiger partial charge in [-0.25, -0.2) is 9.97 Å². The summed E-state index contributed by atoms with van der Waals surface area (Å²) in [7, 11) is 0. The van der Waals surface area contributed by atoms with Crippen LogP contribution in [0.15, 0.2) is 79.5 Å². The summed E-state index contributed by atoms with van der Waals surface area (Å²) in [5, 5.41) is 10.8. The predicted octanol–water partition coefficient (Wildman–Crippen LogP) is 2.91. The van der Waals surface area contributed by atoms with E-state index in [0.29, 0.717) is 31.5 Å². The smallest absolute Gasteiger partial charge is 0.230 e. The largest absolute Gasteiger partial charge is 0.326 e. The predicted molar refractivity (Wildman–Crippen MR) is 148 cm³/mol. The minimum atomic E-state index is -0.00417. The van der Waals surface area contributed by atoms with E-state index in [9.17, 15) is 19.2 Å². The Balaban J connectivity index is 0.000000108. The molecule has 4 amide bonds. The number of nitrogens with zero attached hydrogens (tertiary/aromatic N) is 3. The molecule has 0 spiro atoms. The average Bonchev–Trinajstić information content (AvgIpc) is 3.71. The highest BCUT2D eigenvalue weighted by Gasteiger charge is 2.18.